The van der Waals surface area contributed by atoms with Crippen molar-refractivity contribution in [1.29, 1.82) is 0 Å². The summed E-state index contributed by atoms with van der Waals surface area (Å²) in [4.78, 5) is 12.2. The number of carbonyl (C=O) groups is 1. The summed E-state index contributed by atoms with van der Waals surface area (Å²) in [6.07, 6.45) is 1.07. The second-order valence-corrected chi connectivity index (χ2v) is 11.9. The summed E-state index contributed by atoms with van der Waals surface area (Å²) in [5, 5.41) is 20.6. The maximum Gasteiger partial charge on any atom is 0.407 e. The molecule has 10 heteroatoms. The first kappa shape index (κ1) is 24.2. The van der Waals surface area contributed by atoms with E-state index in [4.69, 9.17) is 4.74 Å². The number of rotatable bonds is 4. The summed E-state index contributed by atoms with van der Waals surface area (Å²) >= 11 is 0. The number of fused-ring (bicyclic) bond motifs is 1. The van der Waals surface area contributed by atoms with Gasteiger partial charge in [0.25, 0.3) is 0 Å². The molecular weight excluding hydrogens is 456 g/mol. The van der Waals surface area contributed by atoms with Gasteiger partial charge in [0.2, 0.25) is 0 Å². The third-order valence-corrected chi connectivity index (χ3v) is 8.23. The lowest BCUT2D eigenvalue weighted by Crippen LogP contribution is -2.50. The lowest BCUT2D eigenvalue weighted by atomic mass is 9.92. The van der Waals surface area contributed by atoms with Gasteiger partial charge >= 0.3 is 6.09 Å². The fourth-order valence-electron chi connectivity index (χ4n) is 4.22. The fourth-order valence-corrected chi connectivity index (χ4v) is 6.02. The van der Waals surface area contributed by atoms with Crippen LogP contribution in [0.2, 0.25) is 0 Å². The van der Waals surface area contributed by atoms with Crippen molar-refractivity contribution in [3.05, 3.63) is 48.4 Å². The summed E-state index contributed by atoms with van der Waals surface area (Å²) in [5.74, 6) is 0.770. The molecule has 4 rings (SSSR count). The van der Waals surface area contributed by atoms with Gasteiger partial charge in [-0.05, 0) is 82.3 Å². The Balaban J connectivity index is 1.45. The van der Waals surface area contributed by atoms with Crippen LogP contribution in [0.1, 0.15) is 45.9 Å². The first-order chi connectivity index (χ1) is 15.9. The number of alkyl carbamates (subject to hydrolysis) is 1. The topological polar surface area (TPSA) is 123 Å². The van der Waals surface area contributed by atoms with E-state index in [1.165, 1.54) is 0 Å². The van der Waals surface area contributed by atoms with Gasteiger partial charge < -0.3 is 15.2 Å². The molecule has 1 aliphatic carbocycles. The number of pyridine rings is 1. The van der Waals surface area contributed by atoms with Gasteiger partial charge in [0.15, 0.2) is 15.5 Å². The first-order valence-electron chi connectivity index (χ1n) is 11.3. The van der Waals surface area contributed by atoms with Gasteiger partial charge in [-0.15, -0.1) is 10.2 Å². The van der Waals surface area contributed by atoms with E-state index in [-0.39, 0.29) is 11.3 Å². The van der Waals surface area contributed by atoms with Gasteiger partial charge in [-0.3, -0.25) is 4.40 Å². The molecule has 1 saturated carbocycles. The molecule has 182 valence electrons. The molecule has 1 fully saturated rings. The lowest BCUT2D eigenvalue weighted by molar-refractivity contribution is 0.0366. The second-order valence-electron chi connectivity index (χ2n) is 9.72. The average molecular weight is 487 g/mol. The van der Waals surface area contributed by atoms with E-state index < -0.39 is 38.9 Å². The molecule has 1 aliphatic rings. The highest BCUT2D eigenvalue weighted by Crippen LogP contribution is 2.31. The van der Waals surface area contributed by atoms with Gasteiger partial charge in [-0.25, -0.2) is 13.2 Å². The van der Waals surface area contributed by atoms with Gasteiger partial charge in [-0.1, -0.05) is 12.1 Å². The molecule has 1 amide bonds. The monoisotopic (exact) mass is 486 g/mol. The number of nitrogens with zero attached hydrogens (tertiary/aromatic N) is 3. The summed E-state index contributed by atoms with van der Waals surface area (Å²) in [5.41, 5.74) is 1.89. The smallest absolute Gasteiger partial charge is 0.407 e. The van der Waals surface area contributed by atoms with Crippen LogP contribution in [0.15, 0.2) is 47.5 Å². The SMILES string of the molecule is Cc1nnc2ccc(-c3ccc(S(=O)(=O)[C@@H]4CC[C@@H](NC(=O)OC(C)(C)C)[C@@H](O)C4)cc3)cn12. The maximum atomic E-state index is 13.2. The Hall–Kier alpha value is -2.98. The van der Waals surface area contributed by atoms with Crippen molar-refractivity contribution >= 4 is 21.6 Å². The third kappa shape index (κ3) is 5.07. The van der Waals surface area contributed by atoms with E-state index in [0.29, 0.717) is 12.8 Å². The van der Waals surface area contributed by atoms with Crippen LogP contribution in [0.5, 0.6) is 0 Å². The highest BCUT2D eigenvalue weighted by Gasteiger charge is 2.38. The van der Waals surface area contributed by atoms with Crippen LogP contribution in [-0.4, -0.2) is 57.2 Å². The van der Waals surface area contributed by atoms with Crippen LogP contribution < -0.4 is 5.32 Å². The molecule has 0 bridgehead atoms. The Morgan fingerprint density at radius 2 is 1.76 bits per heavy atom. The zero-order chi connectivity index (χ0) is 24.7. The largest absolute Gasteiger partial charge is 0.444 e. The predicted molar refractivity (Wildman–Crippen MR) is 127 cm³/mol. The minimum Gasteiger partial charge on any atom is -0.444 e. The molecule has 0 radical (unpaired) electrons. The number of aromatic nitrogens is 3. The zero-order valence-corrected chi connectivity index (χ0v) is 20.5. The molecule has 1 aromatic carbocycles. The van der Waals surface area contributed by atoms with Gasteiger partial charge in [0.1, 0.15) is 11.4 Å². The number of carbonyl (C=O) groups excluding carboxylic acids is 1. The molecule has 0 unspecified atom stereocenters. The Morgan fingerprint density at radius 1 is 1.09 bits per heavy atom. The highest BCUT2D eigenvalue weighted by molar-refractivity contribution is 7.92. The van der Waals surface area contributed by atoms with Crippen LogP contribution in [0.3, 0.4) is 0 Å². The number of amides is 1. The summed E-state index contributed by atoms with van der Waals surface area (Å²) in [7, 11) is -3.64. The van der Waals surface area contributed by atoms with Crippen molar-refractivity contribution in [3.63, 3.8) is 0 Å². The minimum atomic E-state index is -3.64. The molecule has 34 heavy (non-hydrogen) atoms. The van der Waals surface area contributed by atoms with Gasteiger partial charge in [-0.2, -0.15) is 0 Å². The zero-order valence-electron chi connectivity index (χ0n) is 19.7. The van der Waals surface area contributed by atoms with Crippen molar-refractivity contribution in [1.82, 2.24) is 19.9 Å². The molecule has 3 aromatic rings. The Morgan fingerprint density at radius 3 is 2.41 bits per heavy atom. The molecule has 0 aliphatic heterocycles. The van der Waals surface area contributed by atoms with E-state index >= 15 is 0 Å². The van der Waals surface area contributed by atoms with Crippen LogP contribution in [-0.2, 0) is 14.6 Å². The van der Waals surface area contributed by atoms with Gasteiger partial charge in [0, 0.05) is 6.20 Å². The number of hydrogen-bond acceptors (Lipinski definition) is 7. The number of nitrogens with one attached hydrogen (secondary N) is 1. The van der Waals surface area contributed by atoms with Crippen molar-refractivity contribution in [2.45, 2.75) is 74.8 Å². The molecule has 0 spiro atoms. The van der Waals surface area contributed by atoms with Crippen molar-refractivity contribution in [3.8, 4) is 11.1 Å². The molecule has 0 saturated heterocycles. The summed E-state index contributed by atoms with van der Waals surface area (Å²) < 4.78 is 33.6. The van der Waals surface area contributed by atoms with Crippen LogP contribution in [0.25, 0.3) is 16.8 Å². The number of sulfone groups is 1. The number of aryl methyl sites for hydroxylation is 1. The molecule has 9 nitrogen and oxygen atoms in total. The van der Waals surface area contributed by atoms with Crippen LogP contribution in [0.4, 0.5) is 4.79 Å². The fraction of sp³-hybridized carbons (Fsp3) is 0.458. The van der Waals surface area contributed by atoms with E-state index in [2.05, 4.69) is 15.5 Å². The lowest BCUT2D eigenvalue weighted by Gasteiger charge is -2.33. The van der Waals surface area contributed by atoms with E-state index in [9.17, 15) is 18.3 Å². The number of benzene rings is 1. The van der Waals surface area contributed by atoms with Crippen molar-refractivity contribution in [2.75, 3.05) is 0 Å². The minimum absolute atomic E-state index is 0.0497. The van der Waals surface area contributed by atoms with Crippen molar-refractivity contribution < 1.29 is 23.1 Å². The molecule has 3 atom stereocenters. The summed E-state index contributed by atoms with van der Waals surface area (Å²) in [6, 6.07) is 10.0. The second kappa shape index (κ2) is 8.99. The Labute approximate surface area is 199 Å². The maximum absolute atomic E-state index is 13.2. The number of ether oxygens (including phenoxy) is 1. The van der Waals surface area contributed by atoms with E-state index in [1.807, 2.05) is 29.7 Å². The molecule has 2 heterocycles. The predicted octanol–water partition coefficient (Wildman–Crippen LogP) is 3.29. The van der Waals surface area contributed by atoms with Crippen LogP contribution >= 0.6 is 0 Å². The highest BCUT2D eigenvalue weighted by atomic mass is 32.2. The normalized spacial score (nSPS) is 21.4. The Bertz CT molecular complexity index is 1300. The molecule has 2 N–H and O–H groups in total. The third-order valence-electron chi connectivity index (χ3n) is 6.00. The first-order valence-corrected chi connectivity index (χ1v) is 12.8. The Kier molecular flexibility index (Phi) is 6.39. The number of aliphatic hydroxyl groups is 1. The van der Waals surface area contributed by atoms with Crippen LogP contribution in [0, 0.1) is 6.92 Å². The summed E-state index contributed by atoms with van der Waals surface area (Å²) in [6.45, 7) is 7.13. The molecular formula is C24H30N4O5S. The standard InChI is InChI=1S/C24H30N4O5S/c1-15-26-27-22-12-7-17(14-28(15)22)16-5-8-18(9-6-16)34(31,32)19-10-11-20(21(29)13-19)25-23(30)33-24(2,3)4/h5-9,12,14,19-21,29H,10-11,13H2,1-4H3,(H,25,30)/t19-,20-,21+/m1/s1. The number of aliphatic hydroxyl groups excluding tert-OH is 1. The average Bonchev–Trinajstić information content (AvgIpc) is 3.14. The van der Waals surface area contributed by atoms with Gasteiger partial charge in [0.05, 0.1) is 22.3 Å². The van der Waals surface area contributed by atoms with E-state index in [0.717, 1.165) is 22.6 Å². The quantitative estimate of drug-likeness (QED) is 0.580. The van der Waals surface area contributed by atoms with E-state index in [1.54, 1.807) is 45.0 Å². The van der Waals surface area contributed by atoms with Crippen molar-refractivity contribution in [2.24, 2.45) is 0 Å². The molecule has 2 aromatic heterocycles. The number of hydrogen-bond donors (Lipinski definition) is 2.